The van der Waals surface area contributed by atoms with Gasteiger partial charge in [0.15, 0.2) is 0 Å². The zero-order valence-electron chi connectivity index (χ0n) is 18.1. The van der Waals surface area contributed by atoms with E-state index >= 15 is 0 Å². The molecule has 0 bridgehead atoms. The van der Waals surface area contributed by atoms with E-state index in [4.69, 9.17) is 16.3 Å². The van der Waals surface area contributed by atoms with Gasteiger partial charge in [-0.05, 0) is 67.8 Å². The lowest BCUT2D eigenvalue weighted by atomic mass is 10.0. The summed E-state index contributed by atoms with van der Waals surface area (Å²) in [5, 5.41) is 3.79. The van der Waals surface area contributed by atoms with Crippen molar-refractivity contribution in [2.24, 2.45) is 0 Å². The molecule has 0 aromatic heterocycles. The number of rotatable bonds is 6. The van der Waals surface area contributed by atoms with Crippen LogP contribution in [0.15, 0.2) is 72.4 Å². The molecular weight excluding hydrogens is 424 g/mol. The third kappa shape index (κ3) is 3.87. The Morgan fingerprint density at radius 1 is 0.906 bits per heavy atom. The molecule has 1 N–H and O–H groups in total. The van der Waals surface area contributed by atoms with Crippen LogP contribution in [0.2, 0.25) is 5.02 Å². The topological polar surface area (TPSA) is 58.6 Å². The number of para-hydroxylation sites is 2. The minimum atomic E-state index is -0.437. The summed E-state index contributed by atoms with van der Waals surface area (Å²) in [7, 11) is 0. The molecule has 0 spiro atoms. The number of nitrogens with zero attached hydrogens (tertiary/aromatic N) is 1. The first-order valence-electron chi connectivity index (χ1n) is 10.4. The Balaban J connectivity index is 1.86. The zero-order valence-corrected chi connectivity index (χ0v) is 18.9. The lowest BCUT2D eigenvalue weighted by molar-refractivity contribution is -0.120. The highest BCUT2D eigenvalue weighted by Crippen LogP contribution is 2.38. The average Bonchev–Trinajstić information content (AvgIpc) is 3.02. The quantitative estimate of drug-likeness (QED) is 0.489. The van der Waals surface area contributed by atoms with Gasteiger partial charge in [0.05, 0.1) is 17.9 Å². The summed E-state index contributed by atoms with van der Waals surface area (Å²) < 4.78 is 5.69. The summed E-state index contributed by atoms with van der Waals surface area (Å²) in [6, 6.07) is 19.7. The largest absolute Gasteiger partial charge is 0.492 e. The second-order valence-corrected chi connectivity index (χ2v) is 7.91. The molecule has 0 saturated carbocycles. The molecule has 0 atom stereocenters. The van der Waals surface area contributed by atoms with Crippen LogP contribution in [0, 0.1) is 13.8 Å². The second kappa shape index (κ2) is 8.89. The number of carbonyl (C=O) groups excluding carboxylic acids is 2. The van der Waals surface area contributed by atoms with E-state index in [9.17, 15) is 9.59 Å². The van der Waals surface area contributed by atoms with E-state index < -0.39 is 11.8 Å². The average molecular weight is 447 g/mol. The van der Waals surface area contributed by atoms with Crippen LogP contribution in [0.5, 0.6) is 5.75 Å². The maximum absolute atomic E-state index is 13.6. The van der Waals surface area contributed by atoms with E-state index in [1.165, 1.54) is 4.90 Å². The number of hydrogen-bond acceptors (Lipinski definition) is 4. The molecule has 0 saturated heterocycles. The molecule has 0 unspecified atom stereocenters. The van der Waals surface area contributed by atoms with Crippen molar-refractivity contribution >= 4 is 40.4 Å². The fourth-order valence-electron chi connectivity index (χ4n) is 3.69. The number of imide groups is 1. The van der Waals surface area contributed by atoms with Crippen molar-refractivity contribution in [3.05, 3.63) is 94.1 Å². The summed E-state index contributed by atoms with van der Waals surface area (Å²) in [5.74, 6) is -0.384. The smallest absolute Gasteiger partial charge is 0.282 e. The first-order chi connectivity index (χ1) is 15.4. The molecule has 1 aliphatic heterocycles. The molecule has 162 valence electrons. The van der Waals surface area contributed by atoms with Crippen molar-refractivity contribution in [2.45, 2.75) is 20.8 Å². The Morgan fingerprint density at radius 2 is 1.62 bits per heavy atom. The van der Waals surface area contributed by atoms with Crippen LogP contribution in [0.1, 0.15) is 23.6 Å². The monoisotopic (exact) mass is 446 g/mol. The molecule has 1 heterocycles. The van der Waals surface area contributed by atoms with Crippen molar-refractivity contribution in [2.75, 3.05) is 16.8 Å². The minimum Gasteiger partial charge on any atom is -0.492 e. The third-order valence-electron chi connectivity index (χ3n) is 5.49. The molecule has 6 heteroatoms. The summed E-state index contributed by atoms with van der Waals surface area (Å²) >= 11 is 6.06. The lowest BCUT2D eigenvalue weighted by Gasteiger charge is -2.19. The summed E-state index contributed by atoms with van der Waals surface area (Å²) in [6.07, 6.45) is 0. The van der Waals surface area contributed by atoms with Gasteiger partial charge in [-0.15, -0.1) is 0 Å². The summed E-state index contributed by atoms with van der Waals surface area (Å²) in [6.45, 7) is 6.25. The van der Waals surface area contributed by atoms with Crippen LogP contribution >= 0.6 is 11.6 Å². The first-order valence-corrected chi connectivity index (χ1v) is 10.7. The van der Waals surface area contributed by atoms with Gasteiger partial charge in [-0.2, -0.15) is 0 Å². The molecule has 1 aliphatic rings. The fourth-order valence-corrected chi connectivity index (χ4v) is 3.82. The van der Waals surface area contributed by atoms with Crippen molar-refractivity contribution in [1.82, 2.24) is 0 Å². The maximum Gasteiger partial charge on any atom is 0.282 e. The molecule has 0 fully saturated rings. The van der Waals surface area contributed by atoms with E-state index in [-0.39, 0.29) is 5.70 Å². The van der Waals surface area contributed by atoms with Gasteiger partial charge >= 0.3 is 0 Å². The van der Waals surface area contributed by atoms with Gasteiger partial charge in [-0.1, -0.05) is 48.0 Å². The number of carbonyl (C=O) groups is 2. The number of amides is 2. The highest BCUT2D eigenvalue weighted by Gasteiger charge is 2.41. The van der Waals surface area contributed by atoms with Gasteiger partial charge in [0.25, 0.3) is 11.8 Å². The van der Waals surface area contributed by atoms with Gasteiger partial charge in [0, 0.05) is 10.7 Å². The standard InChI is InChI=1S/C26H23ClN2O3/c1-4-32-22-11-6-5-10-21(22)29-25(30)23(18-12-14-19(27)15-13-18)24(26(29)31)28-20-9-7-8-16(2)17(20)3/h5-15,28H,4H2,1-3H3. The number of halogens is 1. The predicted molar refractivity (Wildman–Crippen MR) is 128 cm³/mol. The Kier molecular flexibility index (Phi) is 6.01. The molecule has 5 nitrogen and oxygen atoms in total. The fraction of sp³-hybridized carbons (Fsp3) is 0.154. The molecule has 3 aromatic rings. The third-order valence-corrected chi connectivity index (χ3v) is 5.74. The number of benzene rings is 3. The summed E-state index contributed by atoms with van der Waals surface area (Å²) in [5.41, 5.74) is 4.39. The number of hydrogen-bond donors (Lipinski definition) is 1. The Bertz CT molecular complexity index is 1230. The van der Waals surface area contributed by atoms with E-state index in [0.29, 0.717) is 34.2 Å². The van der Waals surface area contributed by atoms with Gasteiger partial charge in [0.2, 0.25) is 0 Å². The van der Waals surface area contributed by atoms with Crippen LogP contribution in [0.25, 0.3) is 5.57 Å². The van der Waals surface area contributed by atoms with Crippen molar-refractivity contribution in [3.63, 3.8) is 0 Å². The van der Waals surface area contributed by atoms with Gasteiger partial charge < -0.3 is 10.1 Å². The predicted octanol–water partition coefficient (Wildman–Crippen LogP) is 5.75. The maximum atomic E-state index is 13.6. The van der Waals surface area contributed by atoms with E-state index in [1.54, 1.807) is 42.5 Å². The molecule has 0 aliphatic carbocycles. The van der Waals surface area contributed by atoms with E-state index in [2.05, 4.69) is 5.32 Å². The van der Waals surface area contributed by atoms with Crippen LogP contribution < -0.4 is 15.0 Å². The van der Waals surface area contributed by atoms with Crippen LogP contribution in [0.4, 0.5) is 11.4 Å². The normalized spacial score (nSPS) is 13.7. The second-order valence-electron chi connectivity index (χ2n) is 7.48. The Hall–Kier alpha value is -3.57. The number of ether oxygens (including phenoxy) is 1. The van der Waals surface area contributed by atoms with Gasteiger partial charge in [0.1, 0.15) is 11.4 Å². The van der Waals surface area contributed by atoms with Gasteiger partial charge in [-0.25, -0.2) is 4.90 Å². The SMILES string of the molecule is CCOc1ccccc1N1C(=O)C(Nc2cccc(C)c2C)=C(c2ccc(Cl)cc2)C1=O. The molecule has 3 aromatic carbocycles. The molecule has 2 amide bonds. The van der Waals surface area contributed by atoms with E-state index in [1.807, 2.05) is 45.0 Å². The number of nitrogens with one attached hydrogen (secondary N) is 1. The lowest BCUT2D eigenvalue weighted by Crippen LogP contribution is -2.32. The van der Waals surface area contributed by atoms with Crippen LogP contribution in [-0.2, 0) is 9.59 Å². The molecular formula is C26H23ClN2O3. The summed E-state index contributed by atoms with van der Waals surface area (Å²) in [4.78, 5) is 28.4. The van der Waals surface area contributed by atoms with Crippen molar-refractivity contribution in [1.29, 1.82) is 0 Å². The highest BCUT2D eigenvalue weighted by molar-refractivity contribution is 6.46. The first kappa shape index (κ1) is 21.7. The number of aryl methyl sites for hydroxylation is 1. The highest BCUT2D eigenvalue weighted by atomic mass is 35.5. The van der Waals surface area contributed by atoms with Crippen molar-refractivity contribution < 1.29 is 14.3 Å². The Labute approximate surface area is 192 Å². The minimum absolute atomic E-state index is 0.220. The van der Waals surface area contributed by atoms with Crippen molar-refractivity contribution in [3.8, 4) is 5.75 Å². The zero-order chi connectivity index (χ0) is 22.8. The van der Waals surface area contributed by atoms with E-state index in [0.717, 1.165) is 16.8 Å². The van der Waals surface area contributed by atoms with Crippen LogP contribution in [0.3, 0.4) is 0 Å². The molecule has 32 heavy (non-hydrogen) atoms. The Morgan fingerprint density at radius 3 is 2.34 bits per heavy atom. The number of anilines is 2. The molecule has 4 rings (SSSR count). The van der Waals surface area contributed by atoms with Gasteiger partial charge in [-0.3, -0.25) is 9.59 Å². The molecule has 0 radical (unpaired) electrons. The van der Waals surface area contributed by atoms with Crippen LogP contribution in [-0.4, -0.2) is 18.4 Å².